The highest BCUT2D eigenvalue weighted by Crippen LogP contribution is 2.33. The van der Waals surface area contributed by atoms with Crippen LogP contribution in [-0.2, 0) is 22.5 Å². The molecule has 150 valence electrons. The third kappa shape index (κ3) is 4.14. The predicted molar refractivity (Wildman–Crippen MR) is 104 cm³/mol. The first-order valence-corrected chi connectivity index (χ1v) is 9.91. The van der Waals surface area contributed by atoms with Crippen LogP contribution in [-0.4, -0.2) is 54.0 Å². The lowest BCUT2D eigenvalue weighted by Crippen LogP contribution is -2.38. The molecule has 0 radical (unpaired) electrons. The van der Waals surface area contributed by atoms with Crippen LogP contribution in [0.5, 0.6) is 11.5 Å². The molecule has 7 heteroatoms. The molecule has 0 unspecified atom stereocenters. The van der Waals surface area contributed by atoms with Crippen molar-refractivity contribution in [2.75, 3.05) is 33.6 Å². The van der Waals surface area contributed by atoms with Crippen molar-refractivity contribution in [1.82, 2.24) is 14.5 Å². The highest BCUT2D eigenvalue weighted by molar-refractivity contribution is 5.76. The van der Waals surface area contributed by atoms with Crippen LogP contribution in [0.15, 0.2) is 30.6 Å². The Morgan fingerprint density at radius 2 is 2.07 bits per heavy atom. The Balaban J connectivity index is 1.27. The number of benzene rings is 1. The summed E-state index contributed by atoms with van der Waals surface area (Å²) < 4.78 is 18.1. The summed E-state index contributed by atoms with van der Waals surface area (Å²) in [6, 6.07) is 5.90. The van der Waals surface area contributed by atoms with Crippen molar-refractivity contribution >= 4 is 5.91 Å². The first-order valence-electron chi connectivity index (χ1n) is 9.91. The molecule has 0 spiro atoms. The lowest BCUT2D eigenvalue weighted by Gasteiger charge is -2.32. The monoisotopic (exact) mass is 385 g/mol. The molecule has 1 amide bonds. The van der Waals surface area contributed by atoms with Gasteiger partial charge in [0.05, 0.1) is 6.61 Å². The Hall–Kier alpha value is -2.54. The van der Waals surface area contributed by atoms with Gasteiger partial charge in [0.1, 0.15) is 5.82 Å². The van der Waals surface area contributed by atoms with E-state index in [1.54, 1.807) is 7.11 Å². The number of ether oxygens (including phenoxy) is 3. The van der Waals surface area contributed by atoms with Crippen LogP contribution in [0.4, 0.5) is 0 Å². The van der Waals surface area contributed by atoms with E-state index in [4.69, 9.17) is 14.2 Å². The van der Waals surface area contributed by atoms with Crippen molar-refractivity contribution in [3.8, 4) is 11.5 Å². The summed E-state index contributed by atoms with van der Waals surface area (Å²) in [4.78, 5) is 19.2. The smallest absolute Gasteiger partial charge is 0.231 e. The quantitative estimate of drug-likeness (QED) is 0.733. The van der Waals surface area contributed by atoms with Gasteiger partial charge >= 0.3 is 0 Å². The van der Waals surface area contributed by atoms with Gasteiger partial charge in [0.25, 0.3) is 0 Å². The van der Waals surface area contributed by atoms with Gasteiger partial charge in [0.15, 0.2) is 11.5 Å². The Labute approximate surface area is 165 Å². The van der Waals surface area contributed by atoms with Crippen molar-refractivity contribution < 1.29 is 19.0 Å². The minimum Gasteiger partial charge on any atom is -0.454 e. The Kier molecular flexibility index (Phi) is 5.81. The summed E-state index contributed by atoms with van der Waals surface area (Å²) >= 11 is 0. The summed E-state index contributed by atoms with van der Waals surface area (Å²) in [5.41, 5.74) is 1.10. The SMILES string of the molecule is COCCn1ccnc1C1CCN(C(=O)CCc2ccc3c(c2)OCO3)CC1. The number of hydrogen-bond donors (Lipinski definition) is 0. The number of aromatic nitrogens is 2. The zero-order valence-electron chi connectivity index (χ0n) is 16.3. The largest absolute Gasteiger partial charge is 0.454 e. The summed E-state index contributed by atoms with van der Waals surface area (Å²) in [6.45, 7) is 3.36. The summed E-state index contributed by atoms with van der Waals surface area (Å²) in [5, 5.41) is 0. The number of fused-ring (bicyclic) bond motifs is 1. The Morgan fingerprint density at radius 3 is 2.89 bits per heavy atom. The zero-order valence-corrected chi connectivity index (χ0v) is 16.3. The molecule has 0 N–H and O–H groups in total. The van der Waals surface area contributed by atoms with Crippen LogP contribution >= 0.6 is 0 Å². The minimum atomic E-state index is 0.221. The van der Waals surface area contributed by atoms with E-state index in [2.05, 4.69) is 9.55 Å². The van der Waals surface area contributed by atoms with Crippen molar-refractivity contribution in [1.29, 1.82) is 0 Å². The number of piperidine rings is 1. The van der Waals surface area contributed by atoms with E-state index >= 15 is 0 Å². The molecule has 7 nitrogen and oxygen atoms in total. The first-order chi connectivity index (χ1) is 13.7. The molecule has 1 aromatic heterocycles. The molecule has 2 aliphatic rings. The maximum Gasteiger partial charge on any atom is 0.231 e. The van der Waals surface area contributed by atoms with Crippen LogP contribution in [0.3, 0.4) is 0 Å². The van der Waals surface area contributed by atoms with E-state index in [-0.39, 0.29) is 12.7 Å². The molecule has 4 rings (SSSR count). The molecule has 1 aromatic carbocycles. The number of methoxy groups -OCH3 is 1. The molecule has 2 aromatic rings. The normalized spacial score (nSPS) is 16.5. The molecule has 2 aliphatic heterocycles. The van der Waals surface area contributed by atoms with E-state index in [0.29, 0.717) is 18.9 Å². The molecule has 1 saturated heterocycles. The molecule has 0 bridgehead atoms. The number of imidazole rings is 1. The summed E-state index contributed by atoms with van der Waals surface area (Å²) in [7, 11) is 1.71. The minimum absolute atomic E-state index is 0.221. The van der Waals surface area contributed by atoms with Gasteiger partial charge in [-0.2, -0.15) is 0 Å². The van der Waals surface area contributed by atoms with E-state index in [0.717, 1.165) is 61.8 Å². The maximum atomic E-state index is 12.6. The van der Waals surface area contributed by atoms with Gasteiger partial charge in [-0.25, -0.2) is 4.98 Å². The van der Waals surface area contributed by atoms with Crippen molar-refractivity contribution in [2.45, 2.75) is 38.1 Å². The number of rotatable bonds is 7. The fraction of sp³-hybridized carbons (Fsp3) is 0.524. The fourth-order valence-corrected chi connectivity index (χ4v) is 3.95. The zero-order chi connectivity index (χ0) is 19.3. The third-order valence-electron chi connectivity index (χ3n) is 5.56. The lowest BCUT2D eigenvalue weighted by molar-refractivity contribution is -0.132. The van der Waals surface area contributed by atoms with Gasteiger partial charge in [-0.3, -0.25) is 4.79 Å². The maximum absolute atomic E-state index is 12.6. The fourth-order valence-electron chi connectivity index (χ4n) is 3.95. The topological polar surface area (TPSA) is 65.8 Å². The number of carbonyl (C=O) groups is 1. The molecular formula is C21H27N3O4. The van der Waals surface area contributed by atoms with E-state index < -0.39 is 0 Å². The highest BCUT2D eigenvalue weighted by atomic mass is 16.7. The molecule has 0 saturated carbocycles. The van der Waals surface area contributed by atoms with Crippen LogP contribution in [0.2, 0.25) is 0 Å². The second kappa shape index (κ2) is 8.65. The highest BCUT2D eigenvalue weighted by Gasteiger charge is 2.26. The van der Waals surface area contributed by atoms with Crippen LogP contribution in [0.1, 0.15) is 36.6 Å². The van der Waals surface area contributed by atoms with E-state index in [1.807, 2.05) is 35.5 Å². The number of nitrogens with zero attached hydrogens (tertiary/aromatic N) is 3. The number of likely N-dealkylation sites (tertiary alicyclic amines) is 1. The standard InChI is InChI=1S/C21H27N3O4/c1-26-13-12-24-11-8-22-21(24)17-6-9-23(10-7-17)20(25)5-3-16-2-4-18-19(14-16)28-15-27-18/h2,4,8,11,14,17H,3,5-7,9-10,12-13,15H2,1H3. The predicted octanol–water partition coefficient (Wildman–Crippen LogP) is 2.60. The van der Waals surface area contributed by atoms with Crippen LogP contribution in [0, 0.1) is 0 Å². The molecule has 1 fully saturated rings. The summed E-state index contributed by atoms with van der Waals surface area (Å²) in [6.07, 6.45) is 7.02. The first kappa shape index (κ1) is 18.8. The summed E-state index contributed by atoms with van der Waals surface area (Å²) in [5.74, 6) is 3.30. The van der Waals surface area contributed by atoms with Gasteiger partial charge in [0.2, 0.25) is 12.7 Å². The Bertz CT molecular complexity index is 812. The van der Waals surface area contributed by atoms with E-state index in [9.17, 15) is 4.79 Å². The average Bonchev–Trinajstić information content (AvgIpc) is 3.39. The van der Waals surface area contributed by atoms with Gasteiger partial charge in [0, 0.05) is 51.5 Å². The van der Waals surface area contributed by atoms with Gasteiger partial charge in [-0.05, 0) is 37.0 Å². The second-order valence-corrected chi connectivity index (χ2v) is 7.31. The molecular weight excluding hydrogens is 358 g/mol. The second-order valence-electron chi connectivity index (χ2n) is 7.31. The average molecular weight is 385 g/mol. The van der Waals surface area contributed by atoms with Crippen molar-refractivity contribution in [3.63, 3.8) is 0 Å². The van der Waals surface area contributed by atoms with Crippen molar-refractivity contribution in [3.05, 3.63) is 42.0 Å². The molecule has 0 aliphatic carbocycles. The Morgan fingerprint density at radius 1 is 1.25 bits per heavy atom. The lowest BCUT2D eigenvalue weighted by atomic mass is 9.95. The number of carbonyl (C=O) groups excluding carboxylic acids is 1. The number of hydrogen-bond acceptors (Lipinski definition) is 5. The molecule has 0 atom stereocenters. The molecule has 3 heterocycles. The van der Waals surface area contributed by atoms with Gasteiger partial charge in [-0.1, -0.05) is 6.07 Å². The van der Waals surface area contributed by atoms with E-state index in [1.165, 1.54) is 0 Å². The number of amides is 1. The van der Waals surface area contributed by atoms with Gasteiger partial charge in [-0.15, -0.1) is 0 Å². The van der Waals surface area contributed by atoms with Crippen LogP contribution in [0.25, 0.3) is 0 Å². The number of aryl methyl sites for hydroxylation is 1. The van der Waals surface area contributed by atoms with Crippen LogP contribution < -0.4 is 9.47 Å². The molecule has 28 heavy (non-hydrogen) atoms. The third-order valence-corrected chi connectivity index (χ3v) is 5.56. The van der Waals surface area contributed by atoms with Crippen molar-refractivity contribution in [2.24, 2.45) is 0 Å². The van der Waals surface area contributed by atoms with Gasteiger partial charge < -0.3 is 23.7 Å².